The second-order valence-corrected chi connectivity index (χ2v) is 5.33. The van der Waals surface area contributed by atoms with Crippen molar-refractivity contribution >= 4 is 28.8 Å². The molecular formula is C13H12N4O2S. The largest absolute Gasteiger partial charge is 0.478 e. The molecule has 3 aromatic rings. The number of benzene rings is 1. The lowest BCUT2D eigenvalue weighted by Crippen LogP contribution is -2.00. The van der Waals surface area contributed by atoms with Gasteiger partial charge in [-0.1, -0.05) is 12.1 Å². The van der Waals surface area contributed by atoms with E-state index in [9.17, 15) is 9.90 Å². The fraction of sp³-hybridized carbons (Fsp3) is 0.154. The number of aromatic amines is 1. The molecule has 0 bridgehead atoms. The SMILES string of the molecule is Cc1nn(C)c(Sc2nc3ccccc3[nH]2)c1C(=O)O. The first kappa shape index (κ1) is 12.7. The van der Waals surface area contributed by atoms with E-state index in [-0.39, 0.29) is 5.56 Å². The Morgan fingerprint density at radius 3 is 2.85 bits per heavy atom. The molecule has 0 fully saturated rings. The maximum absolute atomic E-state index is 11.3. The molecule has 7 heteroatoms. The molecule has 6 nitrogen and oxygen atoms in total. The van der Waals surface area contributed by atoms with Crippen molar-refractivity contribution in [3.8, 4) is 0 Å². The van der Waals surface area contributed by atoms with Gasteiger partial charge in [0.15, 0.2) is 5.16 Å². The lowest BCUT2D eigenvalue weighted by atomic mass is 10.3. The van der Waals surface area contributed by atoms with Crippen molar-refractivity contribution in [1.29, 1.82) is 0 Å². The van der Waals surface area contributed by atoms with Crippen LogP contribution in [0.5, 0.6) is 0 Å². The molecule has 0 aliphatic carbocycles. The van der Waals surface area contributed by atoms with Gasteiger partial charge in [0.05, 0.1) is 16.7 Å². The zero-order valence-corrected chi connectivity index (χ0v) is 11.7. The van der Waals surface area contributed by atoms with E-state index in [1.807, 2.05) is 24.3 Å². The number of nitrogens with one attached hydrogen (secondary N) is 1. The second kappa shape index (κ2) is 4.68. The predicted octanol–water partition coefficient (Wildman–Crippen LogP) is 2.45. The molecule has 0 amide bonds. The topological polar surface area (TPSA) is 83.8 Å². The number of H-pyrrole nitrogens is 1. The lowest BCUT2D eigenvalue weighted by molar-refractivity contribution is 0.0692. The fourth-order valence-corrected chi connectivity index (χ4v) is 3.07. The van der Waals surface area contributed by atoms with E-state index in [1.54, 1.807) is 18.7 Å². The average molecular weight is 288 g/mol. The molecular weight excluding hydrogens is 276 g/mol. The van der Waals surface area contributed by atoms with Crippen LogP contribution in [0.25, 0.3) is 11.0 Å². The molecule has 3 rings (SSSR count). The van der Waals surface area contributed by atoms with Gasteiger partial charge in [0.1, 0.15) is 10.6 Å². The predicted molar refractivity (Wildman–Crippen MR) is 75.1 cm³/mol. The average Bonchev–Trinajstić information content (AvgIpc) is 2.90. The summed E-state index contributed by atoms with van der Waals surface area (Å²) < 4.78 is 1.57. The number of hydrogen-bond donors (Lipinski definition) is 2. The molecule has 0 spiro atoms. The minimum absolute atomic E-state index is 0.220. The van der Waals surface area contributed by atoms with Crippen LogP contribution in [0.15, 0.2) is 34.4 Å². The molecule has 2 heterocycles. The van der Waals surface area contributed by atoms with Crippen LogP contribution in [0.4, 0.5) is 0 Å². The van der Waals surface area contributed by atoms with E-state index in [0.29, 0.717) is 15.9 Å². The highest BCUT2D eigenvalue weighted by Crippen LogP contribution is 2.31. The number of nitrogens with zero attached hydrogens (tertiary/aromatic N) is 3. The van der Waals surface area contributed by atoms with E-state index in [4.69, 9.17) is 0 Å². The van der Waals surface area contributed by atoms with Crippen molar-refractivity contribution in [3.63, 3.8) is 0 Å². The molecule has 0 atom stereocenters. The summed E-state index contributed by atoms with van der Waals surface area (Å²) in [5.41, 5.74) is 2.49. The lowest BCUT2D eigenvalue weighted by Gasteiger charge is -2.00. The summed E-state index contributed by atoms with van der Waals surface area (Å²) in [6.07, 6.45) is 0. The molecule has 0 unspecified atom stereocenters. The van der Waals surface area contributed by atoms with E-state index < -0.39 is 5.97 Å². The molecule has 0 aliphatic rings. The van der Waals surface area contributed by atoms with Gasteiger partial charge in [-0.05, 0) is 30.8 Å². The number of hydrogen-bond acceptors (Lipinski definition) is 4. The van der Waals surface area contributed by atoms with Crippen LogP contribution in [0.3, 0.4) is 0 Å². The Labute approximate surface area is 118 Å². The summed E-state index contributed by atoms with van der Waals surface area (Å²) >= 11 is 1.27. The number of para-hydroxylation sites is 2. The third kappa shape index (κ3) is 2.05. The Kier molecular flexibility index (Phi) is 2.98. The van der Waals surface area contributed by atoms with Gasteiger partial charge in [-0.25, -0.2) is 9.78 Å². The molecule has 2 aromatic heterocycles. The Hall–Kier alpha value is -2.28. The molecule has 0 saturated carbocycles. The van der Waals surface area contributed by atoms with E-state index in [2.05, 4.69) is 15.1 Å². The van der Waals surface area contributed by atoms with Gasteiger partial charge in [-0.15, -0.1) is 0 Å². The van der Waals surface area contributed by atoms with Crippen molar-refractivity contribution in [2.75, 3.05) is 0 Å². The number of aromatic nitrogens is 4. The standard InChI is InChI=1S/C13H12N4O2S/c1-7-10(12(18)19)11(17(2)16-7)20-13-14-8-5-3-4-6-9(8)15-13/h3-6H,1-2H3,(H,14,15)(H,18,19). The van der Waals surface area contributed by atoms with Crippen LogP contribution in [-0.2, 0) is 7.05 Å². The Balaban J connectivity index is 2.04. The number of carboxylic acids is 1. The molecule has 0 aliphatic heterocycles. The molecule has 20 heavy (non-hydrogen) atoms. The number of aryl methyl sites for hydroxylation is 2. The normalized spacial score (nSPS) is 11.1. The Morgan fingerprint density at radius 2 is 2.15 bits per heavy atom. The summed E-state index contributed by atoms with van der Waals surface area (Å²) in [5.74, 6) is -0.978. The zero-order valence-electron chi connectivity index (χ0n) is 10.9. The van der Waals surface area contributed by atoms with Gasteiger partial charge in [-0.2, -0.15) is 5.10 Å². The number of carboxylic acid groups (broad SMARTS) is 1. The number of carbonyl (C=O) groups is 1. The molecule has 1 aromatic carbocycles. The number of imidazole rings is 1. The summed E-state index contributed by atoms with van der Waals surface area (Å²) in [7, 11) is 1.73. The van der Waals surface area contributed by atoms with Gasteiger partial charge >= 0.3 is 5.97 Å². The van der Waals surface area contributed by atoms with Crippen molar-refractivity contribution < 1.29 is 9.90 Å². The highest BCUT2D eigenvalue weighted by atomic mass is 32.2. The first-order valence-electron chi connectivity index (χ1n) is 5.95. The molecule has 0 radical (unpaired) electrons. The summed E-state index contributed by atoms with van der Waals surface area (Å²) in [6, 6.07) is 7.67. The quantitative estimate of drug-likeness (QED) is 0.773. The monoisotopic (exact) mass is 288 g/mol. The highest BCUT2D eigenvalue weighted by molar-refractivity contribution is 7.99. The van der Waals surface area contributed by atoms with Gasteiger partial charge < -0.3 is 10.1 Å². The smallest absolute Gasteiger partial charge is 0.340 e. The molecule has 0 saturated heterocycles. The van der Waals surface area contributed by atoms with E-state index in [0.717, 1.165) is 11.0 Å². The number of rotatable bonds is 3. The number of fused-ring (bicyclic) bond motifs is 1. The Bertz CT molecular complexity index is 773. The van der Waals surface area contributed by atoms with Crippen molar-refractivity contribution in [2.45, 2.75) is 17.1 Å². The summed E-state index contributed by atoms with van der Waals surface area (Å²) in [4.78, 5) is 18.9. The van der Waals surface area contributed by atoms with Crippen molar-refractivity contribution in [1.82, 2.24) is 19.7 Å². The van der Waals surface area contributed by atoms with Crippen LogP contribution < -0.4 is 0 Å². The van der Waals surface area contributed by atoms with Crippen molar-refractivity contribution in [3.05, 3.63) is 35.5 Å². The zero-order chi connectivity index (χ0) is 14.3. The second-order valence-electron chi connectivity index (χ2n) is 4.36. The van der Waals surface area contributed by atoms with E-state index in [1.165, 1.54) is 11.8 Å². The van der Waals surface area contributed by atoms with Crippen LogP contribution in [0.1, 0.15) is 16.1 Å². The maximum Gasteiger partial charge on any atom is 0.340 e. The fourth-order valence-electron chi connectivity index (χ4n) is 2.07. The third-order valence-electron chi connectivity index (χ3n) is 2.94. The minimum atomic E-state index is -0.978. The third-order valence-corrected chi connectivity index (χ3v) is 3.99. The first-order chi connectivity index (χ1) is 9.56. The summed E-state index contributed by atoms with van der Waals surface area (Å²) in [6.45, 7) is 1.69. The molecule has 102 valence electrons. The summed E-state index contributed by atoms with van der Waals surface area (Å²) in [5, 5.41) is 14.6. The van der Waals surface area contributed by atoms with Gasteiger partial charge in [0, 0.05) is 7.05 Å². The van der Waals surface area contributed by atoms with Gasteiger partial charge in [0.25, 0.3) is 0 Å². The molecule has 2 N–H and O–H groups in total. The number of aromatic carboxylic acids is 1. The van der Waals surface area contributed by atoms with Crippen molar-refractivity contribution in [2.24, 2.45) is 7.05 Å². The van der Waals surface area contributed by atoms with Crippen LogP contribution in [-0.4, -0.2) is 30.8 Å². The van der Waals surface area contributed by atoms with Crippen LogP contribution in [0.2, 0.25) is 0 Å². The first-order valence-corrected chi connectivity index (χ1v) is 6.77. The Morgan fingerprint density at radius 1 is 1.40 bits per heavy atom. The minimum Gasteiger partial charge on any atom is -0.478 e. The highest BCUT2D eigenvalue weighted by Gasteiger charge is 2.21. The van der Waals surface area contributed by atoms with Crippen LogP contribution >= 0.6 is 11.8 Å². The van der Waals surface area contributed by atoms with Gasteiger partial charge in [-0.3, -0.25) is 4.68 Å². The van der Waals surface area contributed by atoms with Crippen LogP contribution in [0, 0.1) is 6.92 Å². The van der Waals surface area contributed by atoms with E-state index >= 15 is 0 Å². The van der Waals surface area contributed by atoms with Gasteiger partial charge in [0.2, 0.25) is 0 Å². The maximum atomic E-state index is 11.3.